The van der Waals surface area contributed by atoms with Gasteiger partial charge in [0, 0.05) is 45.2 Å². The molecule has 1 fully saturated rings. The predicted octanol–water partition coefficient (Wildman–Crippen LogP) is 13.0. The van der Waals surface area contributed by atoms with Crippen LogP contribution in [0.15, 0.2) is 202 Å². The van der Waals surface area contributed by atoms with Crippen LogP contribution in [0.4, 0.5) is 5.69 Å². The number of hydrogen-bond donors (Lipinski definition) is 0. The number of hydrogen-bond acceptors (Lipinski definition) is 3. The molecule has 5 aromatic rings. The lowest BCUT2D eigenvalue weighted by molar-refractivity contribution is 0.374. The molecule has 4 heteroatoms. The monoisotopic (exact) mass is 726 g/mol. The van der Waals surface area contributed by atoms with Crippen molar-refractivity contribution >= 4 is 46.2 Å². The molecule has 1 aliphatic heterocycles. The van der Waals surface area contributed by atoms with Crippen molar-refractivity contribution in [3.63, 3.8) is 0 Å². The van der Waals surface area contributed by atoms with Gasteiger partial charge in [0.1, 0.15) is 19.0 Å². The minimum atomic E-state index is 0.292. The van der Waals surface area contributed by atoms with Crippen LogP contribution in [0.25, 0.3) is 43.8 Å². The molecule has 4 aromatic carbocycles. The number of nitrogens with zero attached hydrogens (tertiary/aromatic N) is 2. The van der Waals surface area contributed by atoms with Gasteiger partial charge in [-0.15, -0.1) is 0 Å². The molecule has 0 bridgehead atoms. The maximum atomic E-state index is 6.20. The molecule has 2 heterocycles. The van der Waals surface area contributed by atoms with Crippen LogP contribution in [0.2, 0.25) is 6.32 Å². The summed E-state index contributed by atoms with van der Waals surface area (Å²) in [6, 6.07) is 29.1. The molecule has 5 aliphatic rings. The van der Waals surface area contributed by atoms with Crippen LogP contribution in [0.1, 0.15) is 45.4 Å². The van der Waals surface area contributed by atoms with Crippen LogP contribution in [-0.2, 0) is 0 Å². The molecule has 10 rings (SSSR count). The zero-order chi connectivity index (χ0) is 37.6. The van der Waals surface area contributed by atoms with Gasteiger partial charge in [-0.1, -0.05) is 116 Å². The zero-order valence-corrected chi connectivity index (χ0v) is 32.4. The summed E-state index contributed by atoms with van der Waals surface area (Å²) in [6.45, 7) is 2.21. The Hall–Kier alpha value is -6.00. The van der Waals surface area contributed by atoms with Gasteiger partial charge in [-0.2, -0.15) is 0 Å². The zero-order valence-electron chi connectivity index (χ0n) is 32.4. The van der Waals surface area contributed by atoms with E-state index in [9.17, 15) is 0 Å². The molecular weight excluding hydrogens is 679 g/mol. The van der Waals surface area contributed by atoms with Crippen molar-refractivity contribution in [3.8, 4) is 11.1 Å². The Morgan fingerprint density at radius 1 is 0.821 bits per heavy atom. The maximum Gasteiger partial charge on any atom is 0.136 e. The third kappa shape index (κ3) is 5.91. The first-order valence-electron chi connectivity index (χ1n) is 20.6. The van der Waals surface area contributed by atoms with E-state index in [1.807, 2.05) is 6.07 Å². The summed E-state index contributed by atoms with van der Waals surface area (Å²) in [7, 11) is 2.26. The third-order valence-corrected chi connectivity index (χ3v) is 12.2. The molecule has 0 saturated carbocycles. The average molecular weight is 727 g/mol. The lowest BCUT2D eigenvalue weighted by atomic mass is 9.84. The van der Waals surface area contributed by atoms with Gasteiger partial charge < -0.3 is 14.2 Å². The highest BCUT2D eigenvalue weighted by molar-refractivity contribution is 6.19. The highest BCUT2D eigenvalue weighted by Gasteiger charge is 2.40. The van der Waals surface area contributed by atoms with Crippen LogP contribution >= 0.6 is 0 Å². The van der Waals surface area contributed by atoms with Gasteiger partial charge in [0.05, 0.1) is 6.04 Å². The number of likely N-dealkylation sites (tertiary alicyclic amines) is 1. The molecule has 56 heavy (non-hydrogen) atoms. The van der Waals surface area contributed by atoms with E-state index < -0.39 is 0 Å². The Morgan fingerprint density at radius 3 is 2.52 bits per heavy atom. The number of rotatable bonds is 7. The molecule has 0 amide bonds. The molecule has 2 atom stereocenters. The summed E-state index contributed by atoms with van der Waals surface area (Å²) in [5.74, 6) is 0.292. The fourth-order valence-electron chi connectivity index (χ4n) is 9.67. The topological polar surface area (TPSA) is 19.6 Å². The quantitative estimate of drug-likeness (QED) is 0.156. The van der Waals surface area contributed by atoms with Gasteiger partial charge in [-0.3, -0.25) is 0 Å². The second-order valence-electron chi connectivity index (χ2n) is 15.5. The molecule has 1 aromatic heterocycles. The lowest BCUT2D eigenvalue weighted by Gasteiger charge is -2.38. The van der Waals surface area contributed by atoms with Gasteiger partial charge in [0.15, 0.2) is 0 Å². The van der Waals surface area contributed by atoms with E-state index in [-0.39, 0.29) is 0 Å². The van der Waals surface area contributed by atoms with Crippen molar-refractivity contribution < 1.29 is 4.42 Å². The molecule has 0 N–H and O–H groups in total. The molecular formula is C52H47BN2O. The first-order chi connectivity index (χ1) is 27.7. The standard InChI is InChI=1S/C52H47BN2O/c1-2-42-46-34-41(27-29-48(46)55(49(42)31-32-53)39-15-7-4-8-16-39)54(47-19-11-9-17-43(47)36-13-5-3-6-14-36)40-25-21-35(22-26-40)37-23-28-44-38(33-37)24-30-51-52(44)45-18-10-12-20-50(45)56-51/h2,4-5,7,9-15,18-28,30-31,33-34,43,48H,3,6,8,16-17,29,32,53H2,1H3/b42-2-,49-31+. The van der Waals surface area contributed by atoms with Crippen LogP contribution in [-0.4, -0.2) is 18.8 Å². The van der Waals surface area contributed by atoms with Crippen LogP contribution in [0, 0.1) is 5.92 Å². The van der Waals surface area contributed by atoms with Crippen LogP contribution in [0.3, 0.4) is 0 Å². The van der Waals surface area contributed by atoms with Gasteiger partial charge >= 0.3 is 0 Å². The summed E-state index contributed by atoms with van der Waals surface area (Å²) in [5.41, 5.74) is 15.1. The Labute approximate surface area is 331 Å². The predicted molar refractivity (Wildman–Crippen MR) is 239 cm³/mol. The summed E-state index contributed by atoms with van der Waals surface area (Å²) >= 11 is 0. The van der Waals surface area contributed by atoms with Gasteiger partial charge in [0.25, 0.3) is 0 Å². The summed E-state index contributed by atoms with van der Waals surface area (Å²) < 4.78 is 6.20. The van der Waals surface area contributed by atoms with Gasteiger partial charge in [-0.05, 0) is 133 Å². The minimum Gasteiger partial charge on any atom is -0.456 e. The largest absolute Gasteiger partial charge is 0.456 e. The molecule has 0 radical (unpaired) electrons. The van der Waals surface area contributed by atoms with E-state index in [2.05, 4.69) is 176 Å². The summed E-state index contributed by atoms with van der Waals surface area (Å²) in [6.07, 6.45) is 38.2. The number of allylic oxidation sites excluding steroid dienone is 15. The Balaban J connectivity index is 1.05. The highest BCUT2D eigenvalue weighted by atomic mass is 16.3. The van der Waals surface area contributed by atoms with Gasteiger partial charge in [0.2, 0.25) is 0 Å². The number of anilines is 1. The van der Waals surface area contributed by atoms with Crippen molar-refractivity contribution in [2.24, 2.45) is 5.92 Å². The van der Waals surface area contributed by atoms with E-state index in [1.54, 1.807) is 0 Å². The minimum absolute atomic E-state index is 0.292. The van der Waals surface area contributed by atoms with E-state index in [0.717, 1.165) is 56.0 Å². The summed E-state index contributed by atoms with van der Waals surface area (Å²) in [5, 5.41) is 4.80. The number of para-hydroxylation sites is 1. The number of fused-ring (bicyclic) bond motifs is 6. The van der Waals surface area contributed by atoms with Gasteiger partial charge in [-0.25, -0.2) is 0 Å². The Bertz CT molecular complexity index is 2700. The first kappa shape index (κ1) is 34.5. The maximum absolute atomic E-state index is 6.20. The third-order valence-electron chi connectivity index (χ3n) is 12.2. The van der Waals surface area contributed by atoms with Crippen molar-refractivity contribution in [1.29, 1.82) is 0 Å². The second-order valence-corrected chi connectivity index (χ2v) is 15.5. The van der Waals surface area contributed by atoms with Crippen molar-refractivity contribution in [1.82, 2.24) is 4.90 Å². The second kappa shape index (κ2) is 14.6. The van der Waals surface area contributed by atoms with Crippen molar-refractivity contribution in [2.75, 3.05) is 4.90 Å². The van der Waals surface area contributed by atoms with Crippen LogP contribution in [0.5, 0.6) is 0 Å². The van der Waals surface area contributed by atoms with E-state index in [0.29, 0.717) is 12.0 Å². The van der Waals surface area contributed by atoms with Crippen molar-refractivity contribution in [2.45, 2.75) is 57.8 Å². The highest BCUT2D eigenvalue weighted by Crippen LogP contribution is 2.48. The number of furan rings is 1. The summed E-state index contributed by atoms with van der Waals surface area (Å²) in [4.78, 5) is 5.21. The fourth-order valence-corrected chi connectivity index (χ4v) is 9.67. The first-order valence-corrected chi connectivity index (χ1v) is 20.6. The average Bonchev–Trinajstić information content (AvgIpc) is 3.80. The molecule has 274 valence electrons. The molecule has 3 nitrogen and oxygen atoms in total. The Morgan fingerprint density at radius 2 is 1.70 bits per heavy atom. The van der Waals surface area contributed by atoms with E-state index in [1.165, 1.54) is 77.9 Å². The number of benzene rings is 4. The lowest BCUT2D eigenvalue weighted by Crippen LogP contribution is -2.33. The molecule has 4 aliphatic carbocycles. The SMILES string of the molecule is BC/C=C1\C(=C/C)C2=CC(N(C3=CC=CCC3C3=CCCC=C3)c3ccc(-c4ccc5c(ccc6oc7ccccc7c65)c4)cc3)=CCC2N1C1=CC=CCC1. The molecule has 1 saturated heterocycles. The van der Waals surface area contributed by atoms with E-state index >= 15 is 0 Å². The normalized spacial score (nSPS) is 22.1. The van der Waals surface area contributed by atoms with E-state index in [4.69, 9.17) is 4.42 Å². The van der Waals surface area contributed by atoms with Crippen LogP contribution < -0.4 is 4.90 Å². The molecule has 0 spiro atoms. The fraction of sp³-hybridized carbons (Fsp3) is 0.192. The molecule has 2 unspecified atom stereocenters. The van der Waals surface area contributed by atoms with Crippen molar-refractivity contribution in [3.05, 3.63) is 197 Å². The smallest absolute Gasteiger partial charge is 0.136 e. The Kier molecular flexibility index (Phi) is 8.98.